The van der Waals surface area contributed by atoms with E-state index in [4.69, 9.17) is 5.26 Å². The lowest BCUT2D eigenvalue weighted by Crippen LogP contribution is -1.80. The molecule has 0 aliphatic carbocycles. The minimum atomic E-state index is 0.144. The number of rotatable bonds is 3. The first kappa shape index (κ1) is 15.4. The molecule has 3 aromatic rings. The van der Waals surface area contributed by atoms with Gasteiger partial charge in [0.05, 0.1) is 11.8 Å². The molecule has 0 aromatic heterocycles. The maximum atomic E-state index is 10.3. The standard InChI is InChI=1S/C20H15N3O/c1-14-13-16-6-2-3-7-18(16)19(20(14)24)23-22-17-10-8-15(9-11-17)5-4-12-21/h2-11,13,24H,1H3/b5-4-,23-22?. The van der Waals surface area contributed by atoms with E-state index in [-0.39, 0.29) is 5.75 Å². The fourth-order valence-corrected chi connectivity index (χ4v) is 2.45. The van der Waals surface area contributed by atoms with E-state index in [1.165, 1.54) is 6.08 Å². The normalized spacial score (nSPS) is 11.3. The van der Waals surface area contributed by atoms with Crippen LogP contribution in [-0.2, 0) is 0 Å². The molecule has 0 radical (unpaired) electrons. The Morgan fingerprint density at radius 2 is 1.79 bits per heavy atom. The zero-order chi connectivity index (χ0) is 16.9. The first-order valence-corrected chi connectivity index (χ1v) is 7.48. The number of hydrogen-bond acceptors (Lipinski definition) is 4. The summed E-state index contributed by atoms with van der Waals surface area (Å²) in [5.74, 6) is 0.144. The fourth-order valence-electron chi connectivity index (χ4n) is 2.45. The van der Waals surface area contributed by atoms with Gasteiger partial charge >= 0.3 is 0 Å². The Balaban J connectivity index is 1.97. The van der Waals surface area contributed by atoms with Crippen molar-refractivity contribution in [2.24, 2.45) is 10.2 Å². The van der Waals surface area contributed by atoms with Crippen molar-refractivity contribution in [2.45, 2.75) is 6.92 Å². The highest BCUT2D eigenvalue weighted by molar-refractivity contribution is 5.96. The second-order valence-electron chi connectivity index (χ2n) is 5.37. The predicted molar refractivity (Wildman–Crippen MR) is 95.6 cm³/mol. The number of fused-ring (bicyclic) bond motifs is 1. The van der Waals surface area contributed by atoms with Crippen LogP contribution in [0.25, 0.3) is 16.8 Å². The van der Waals surface area contributed by atoms with Gasteiger partial charge in [-0.15, -0.1) is 5.11 Å². The number of azo groups is 1. The first-order chi connectivity index (χ1) is 11.7. The number of benzene rings is 3. The molecule has 0 bridgehead atoms. The van der Waals surface area contributed by atoms with Crippen LogP contribution in [0.1, 0.15) is 11.1 Å². The highest BCUT2D eigenvalue weighted by atomic mass is 16.3. The molecule has 0 amide bonds. The lowest BCUT2D eigenvalue weighted by molar-refractivity contribution is 0.473. The Hall–Kier alpha value is -3.45. The van der Waals surface area contributed by atoms with E-state index in [1.807, 2.05) is 67.6 Å². The van der Waals surface area contributed by atoms with E-state index in [1.54, 1.807) is 6.08 Å². The van der Waals surface area contributed by atoms with Gasteiger partial charge in [0.1, 0.15) is 11.4 Å². The van der Waals surface area contributed by atoms with Gasteiger partial charge in [0.2, 0.25) is 0 Å². The predicted octanol–water partition coefficient (Wildman–Crippen LogP) is 5.81. The number of phenols is 1. The second-order valence-corrected chi connectivity index (χ2v) is 5.37. The van der Waals surface area contributed by atoms with Gasteiger partial charge in [0.25, 0.3) is 0 Å². The van der Waals surface area contributed by atoms with E-state index in [0.29, 0.717) is 11.4 Å². The van der Waals surface area contributed by atoms with Crippen molar-refractivity contribution in [1.82, 2.24) is 0 Å². The quantitative estimate of drug-likeness (QED) is 0.490. The summed E-state index contributed by atoms with van der Waals surface area (Å²) in [6, 6.07) is 19.0. The van der Waals surface area contributed by atoms with Crippen molar-refractivity contribution < 1.29 is 5.11 Å². The van der Waals surface area contributed by atoms with Crippen LogP contribution in [-0.4, -0.2) is 5.11 Å². The van der Waals surface area contributed by atoms with Gasteiger partial charge in [0, 0.05) is 11.5 Å². The van der Waals surface area contributed by atoms with Crippen molar-refractivity contribution in [3.63, 3.8) is 0 Å². The average molecular weight is 313 g/mol. The molecule has 0 spiro atoms. The minimum absolute atomic E-state index is 0.144. The van der Waals surface area contributed by atoms with Crippen LogP contribution >= 0.6 is 0 Å². The van der Waals surface area contributed by atoms with Crippen LogP contribution in [0.2, 0.25) is 0 Å². The summed E-state index contributed by atoms with van der Waals surface area (Å²) in [5, 5.41) is 29.2. The van der Waals surface area contributed by atoms with Crippen molar-refractivity contribution in [2.75, 3.05) is 0 Å². The van der Waals surface area contributed by atoms with Gasteiger partial charge in [0.15, 0.2) is 0 Å². The Labute approximate surface area is 140 Å². The van der Waals surface area contributed by atoms with E-state index >= 15 is 0 Å². The molecule has 3 rings (SSSR count). The van der Waals surface area contributed by atoms with Gasteiger partial charge in [-0.3, -0.25) is 0 Å². The monoisotopic (exact) mass is 313 g/mol. The minimum Gasteiger partial charge on any atom is -0.505 e. The number of hydrogen-bond donors (Lipinski definition) is 1. The van der Waals surface area contributed by atoms with Crippen molar-refractivity contribution in [3.05, 3.63) is 71.8 Å². The van der Waals surface area contributed by atoms with Crippen LogP contribution in [0.4, 0.5) is 11.4 Å². The van der Waals surface area contributed by atoms with Gasteiger partial charge in [-0.25, -0.2) is 0 Å². The number of aromatic hydroxyl groups is 1. The fraction of sp³-hybridized carbons (Fsp3) is 0.0500. The highest BCUT2D eigenvalue weighted by Crippen LogP contribution is 2.38. The number of aryl methyl sites for hydroxylation is 1. The number of phenolic OH excluding ortho intramolecular Hbond substituents is 1. The van der Waals surface area contributed by atoms with Crippen molar-refractivity contribution in [3.8, 4) is 11.8 Å². The lowest BCUT2D eigenvalue weighted by atomic mass is 10.0. The average Bonchev–Trinajstić information content (AvgIpc) is 2.61. The summed E-state index contributed by atoms with van der Waals surface area (Å²) in [5.41, 5.74) is 2.83. The van der Waals surface area contributed by atoms with Gasteiger partial charge in [-0.2, -0.15) is 10.4 Å². The van der Waals surface area contributed by atoms with Crippen LogP contribution in [0.5, 0.6) is 5.75 Å². The van der Waals surface area contributed by atoms with Crippen molar-refractivity contribution >= 4 is 28.2 Å². The molecule has 4 nitrogen and oxygen atoms in total. The summed E-state index contributed by atoms with van der Waals surface area (Å²) >= 11 is 0. The van der Waals surface area contributed by atoms with Crippen LogP contribution < -0.4 is 0 Å². The van der Waals surface area contributed by atoms with E-state index in [0.717, 1.165) is 21.9 Å². The number of nitrogens with zero attached hydrogens (tertiary/aromatic N) is 3. The first-order valence-electron chi connectivity index (χ1n) is 7.48. The highest BCUT2D eigenvalue weighted by Gasteiger charge is 2.09. The van der Waals surface area contributed by atoms with Crippen LogP contribution in [0, 0.1) is 18.3 Å². The topological polar surface area (TPSA) is 68.7 Å². The van der Waals surface area contributed by atoms with Gasteiger partial charge < -0.3 is 5.11 Å². The summed E-state index contributed by atoms with van der Waals surface area (Å²) in [6.07, 6.45) is 3.15. The van der Waals surface area contributed by atoms with Gasteiger partial charge in [-0.1, -0.05) is 36.4 Å². The Kier molecular flexibility index (Phi) is 4.35. The summed E-state index contributed by atoms with van der Waals surface area (Å²) in [6.45, 7) is 1.84. The molecule has 0 saturated carbocycles. The number of allylic oxidation sites excluding steroid dienone is 1. The Bertz CT molecular complexity index is 980. The third-order valence-corrected chi connectivity index (χ3v) is 3.69. The SMILES string of the molecule is Cc1cc2ccccc2c(N=Nc2ccc(/C=C\C#N)cc2)c1O. The molecule has 4 heteroatoms. The molecule has 116 valence electrons. The lowest BCUT2D eigenvalue weighted by Gasteiger charge is -2.07. The summed E-state index contributed by atoms with van der Waals surface area (Å²) < 4.78 is 0. The van der Waals surface area contributed by atoms with Crippen LogP contribution in [0.3, 0.4) is 0 Å². The molecule has 24 heavy (non-hydrogen) atoms. The third kappa shape index (κ3) is 3.16. The van der Waals surface area contributed by atoms with E-state index in [2.05, 4.69) is 10.2 Å². The molecule has 0 unspecified atom stereocenters. The maximum absolute atomic E-state index is 10.3. The van der Waals surface area contributed by atoms with Crippen molar-refractivity contribution in [1.29, 1.82) is 5.26 Å². The third-order valence-electron chi connectivity index (χ3n) is 3.69. The molecule has 1 N–H and O–H groups in total. The van der Waals surface area contributed by atoms with E-state index < -0.39 is 0 Å². The van der Waals surface area contributed by atoms with E-state index in [9.17, 15) is 5.11 Å². The molecule has 0 aliphatic heterocycles. The zero-order valence-electron chi connectivity index (χ0n) is 13.1. The summed E-state index contributed by atoms with van der Waals surface area (Å²) in [7, 11) is 0. The molecule has 0 aliphatic rings. The smallest absolute Gasteiger partial charge is 0.146 e. The zero-order valence-corrected chi connectivity index (χ0v) is 13.1. The molecular formula is C20H15N3O. The summed E-state index contributed by atoms with van der Waals surface area (Å²) in [4.78, 5) is 0. The molecule has 0 fully saturated rings. The molecule has 0 heterocycles. The second kappa shape index (κ2) is 6.76. The Morgan fingerprint density at radius 1 is 1.04 bits per heavy atom. The molecular weight excluding hydrogens is 298 g/mol. The molecule has 3 aromatic carbocycles. The number of nitriles is 1. The maximum Gasteiger partial charge on any atom is 0.146 e. The molecule has 0 atom stereocenters. The van der Waals surface area contributed by atoms with Crippen LogP contribution in [0.15, 0.2) is 70.9 Å². The largest absolute Gasteiger partial charge is 0.505 e. The Morgan fingerprint density at radius 3 is 2.54 bits per heavy atom. The molecule has 0 saturated heterocycles. The van der Waals surface area contributed by atoms with Gasteiger partial charge in [-0.05, 0) is 47.7 Å².